The van der Waals surface area contributed by atoms with Crippen LogP contribution in [-0.2, 0) is 14.4 Å². The van der Waals surface area contributed by atoms with E-state index in [9.17, 15) is 14.4 Å². The molecule has 1 N–H and O–H groups in total. The van der Waals surface area contributed by atoms with E-state index < -0.39 is 7.26 Å². The third-order valence-corrected chi connectivity index (χ3v) is 10.5. The van der Waals surface area contributed by atoms with Gasteiger partial charge in [-0.15, -0.1) is 0 Å². The number of hydrogen-bond acceptors (Lipinski definition) is 3. The van der Waals surface area contributed by atoms with E-state index in [-0.39, 0.29) is 36.7 Å². The minimum absolute atomic E-state index is 0.00832. The third-order valence-electron chi connectivity index (χ3n) is 5.48. The fourth-order valence-corrected chi connectivity index (χ4v) is 8.71. The van der Waals surface area contributed by atoms with Crippen molar-refractivity contribution in [2.24, 2.45) is 0 Å². The van der Waals surface area contributed by atoms with Gasteiger partial charge in [-0.1, -0.05) is 40.0 Å². The van der Waals surface area contributed by atoms with E-state index in [1.54, 1.807) is 0 Å². The summed E-state index contributed by atoms with van der Waals surface area (Å²) in [4.78, 5) is 34.6. The van der Waals surface area contributed by atoms with Gasteiger partial charge in [-0.25, -0.2) is 0 Å². The number of rotatable bonds is 19. The van der Waals surface area contributed by atoms with Gasteiger partial charge in [0.15, 0.2) is 0 Å². The lowest BCUT2D eigenvalue weighted by Crippen LogP contribution is -2.26. The van der Waals surface area contributed by atoms with Crippen molar-refractivity contribution in [3.63, 3.8) is 0 Å². The van der Waals surface area contributed by atoms with Gasteiger partial charge in [0.25, 0.3) is 0 Å². The van der Waals surface area contributed by atoms with Crippen molar-refractivity contribution < 1.29 is 14.4 Å². The Hall–Kier alpha value is -0.760. The van der Waals surface area contributed by atoms with E-state index in [1.807, 2.05) is 0 Å². The predicted molar refractivity (Wildman–Crippen MR) is 123 cm³/mol. The normalized spacial score (nSPS) is 11.4. The van der Waals surface area contributed by atoms with E-state index in [0.717, 1.165) is 13.0 Å². The second-order valence-electron chi connectivity index (χ2n) is 8.24. The molecule has 164 valence electrons. The van der Waals surface area contributed by atoms with Gasteiger partial charge in [0, 0.05) is 39.5 Å². The summed E-state index contributed by atoms with van der Waals surface area (Å²) in [6.45, 7) is 9.07. The van der Waals surface area contributed by atoms with Gasteiger partial charge in [-0.3, -0.25) is 9.59 Å². The molecule has 1 amide bonds. The van der Waals surface area contributed by atoms with Gasteiger partial charge in [-0.2, -0.15) is 0 Å². The minimum atomic E-state index is -0.893. The lowest BCUT2D eigenvalue weighted by atomic mass is 10.1. The SMILES string of the molecule is CCCC[P+](CCCC)(CCCC)CCCNC(=O)CCC(=O)CCC(C)=O. The van der Waals surface area contributed by atoms with E-state index in [0.29, 0.717) is 6.42 Å². The van der Waals surface area contributed by atoms with Crippen molar-refractivity contribution in [2.45, 2.75) is 98.3 Å². The number of carbonyl (C=O) groups excluding carboxylic acids is 3. The van der Waals surface area contributed by atoms with E-state index in [1.165, 1.54) is 70.1 Å². The van der Waals surface area contributed by atoms with E-state index in [2.05, 4.69) is 26.1 Å². The fourth-order valence-electron chi connectivity index (χ4n) is 3.58. The third kappa shape index (κ3) is 14.3. The van der Waals surface area contributed by atoms with Crippen molar-refractivity contribution in [3.8, 4) is 0 Å². The Morgan fingerprint density at radius 3 is 1.61 bits per heavy atom. The zero-order chi connectivity index (χ0) is 21.3. The van der Waals surface area contributed by atoms with Crippen molar-refractivity contribution in [3.05, 3.63) is 0 Å². The maximum atomic E-state index is 12.0. The molecule has 0 aromatic carbocycles. The average molecular weight is 415 g/mol. The summed E-state index contributed by atoms with van der Waals surface area (Å²) in [6.07, 6.45) is 15.5. The largest absolute Gasteiger partial charge is 0.356 e. The first kappa shape index (κ1) is 27.2. The Balaban J connectivity index is 4.32. The molecule has 4 nitrogen and oxygen atoms in total. The molecule has 0 bridgehead atoms. The van der Waals surface area contributed by atoms with Crippen LogP contribution in [0, 0.1) is 0 Å². The molecule has 0 aromatic heterocycles. The molecule has 0 fully saturated rings. The number of ketones is 2. The summed E-state index contributed by atoms with van der Waals surface area (Å²) >= 11 is 0. The van der Waals surface area contributed by atoms with Gasteiger partial charge >= 0.3 is 0 Å². The maximum Gasteiger partial charge on any atom is 0.220 e. The molecular weight excluding hydrogens is 369 g/mol. The summed E-state index contributed by atoms with van der Waals surface area (Å²) in [5.41, 5.74) is 0. The van der Waals surface area contributed by atoms with Crippen LogP contribution in [0.1, 0.15) is 98.3 Å². The molecule has 0 aromatic rings. The molecule has 0 atom stereocenters. The first-order valence-corrected chi connectivity index (χ1v) is 14.0. The second-order valence-corrected chi connectivity index (χ2v) is 12.7. The molecule has 0 unspecified atom stereocenters. The maximum absolute atomic E-state index is 12.0. The van der Waals surface area contributed by atoms with Crippen LogP contribution in [0.25, 0.3) is 0 Å². The molecule has 0 heterocycles. The summed E-state index contributed by atoms with van der Waals surface area (Å²) in [7, 11) is -0.893. The van der Waals surface area contributed by atoms with Crippen LogP contribution in [0.2, 0.25) is 0 Å². The number of hydrogen-bond donors (Lipinski definition) is 1. The van der Waals surface area contributed by atoms with Crippen molar-refractivity contribution in [1.82, 2.24) is 5.32 Å². The van der Waals surface area contributed by atoms with Crippen LogP contribution in [0.4, 0.5) is 0 Å². The highest BCUT2D eigenvalue weighted by Crippen LogP contribution is 2.61. The number of amides is 1. The first-order chi connectivity index (χ1) is 13.4. The smallest absolute Gasteiger partial charge is 0.220 e. The Bertz CT molecular complexity index is 429. The quantitative estimate of drug-likeness (QED) is 0.220. The molecule has 0 saturated carbocycles. The van der Waals surface area contributed by atoms with Crippen LogP contribution in [0.3, 0.4) is 0 Å². The number of unbranched alkanes of at least 4 members (excludes halogenated alkanes) is 3. The first-order valence-electron chi connectivity index (χ1n) is 11.5. The molecular formula is C23H45NO3P+. The van der Waals surface area contributed by atoms with Crippen LogP contribution in [0.5, 0.6) is 0 Å². The van der Waals surface area contributed by atoms with Gasteiger partial charge in [0.05, 0.1) is 24.6 Å². The minimum Gasteiger partial charge on any atom is -0.356 e. The van der Waals surface area contributed by atoms with Gasteiger partial charge in [0.2, 0.25) is 5.91 Å². The number of nitrogens with one attached hydrogen (secondary N) is 1. The molecule has 0 rings (SSSR count). The summed E-state index contributed by atoms with van der Waals surface area (Å²) in [5.74, 6) is 0.00334. The van der Waals surface area contributed by atoms with Crippen molar-refractivity contribution in [2.75, 3.05) is 31.2 Å². The highest BCUT2D eigenvalue weighted by molar-refractivity contribution is 7.75. The zero-order valence-corrected chi connectivity index (χ0v) is 19.9. The molecule has 0 saturated heterocycles. The Morgan fingerprint density at radius 2 is 1.14 bits per heavy atom. The topological polar surface area (TPSA) is 63.2 Å². The van der Waals surface area contributed by atoms with Crippen molar-refractivity contribution in [1.29, 1.82) is 0 Å². The predicted octanol–water partition coefficient (Wildman–Crippen LogP) is 5.63. The second kappa shape index (κ2) is 17.1. The standard InChI is InChI=1S/C23H44NO3P/c1-5-8-17-28(18-9-6-2,19-10-7-3)20-11-16-24-23(27)15-14-22(26)13-12-21(4)25/h5-20H2,1-4H3/p+1. The van der Waals surface area contributed by atoms with E-state index in [4.69, 9.17) is 0 Å². The van der Waals surface area contributed by atoms with Crippen molar-refractivity contribution >= 4 is 24.7 Å². The molecule has 0 aliphatic rings. The van der Waals surface area contributed by atoms with Crippen LogP contribution < -0.4 is 5.32 Å². The molecule has 28 heavy (non-hydrogen) atoms. The number of Topliss-reactive ketones (excluding diaryl/α,β-unsaturated/α-hetero) is 2. The van der Waals surface area contributed by atoms with Gasteiger partial charge in [-0.05, 0) is 32.6 Å². The Morgan fingerprint density at radius 1 is 0.679 bits per heavy atom. The summed E-state index contributed by atoms with van der Waals surface area (Å²) in [5, 5.41) is 3.00. The average Bonchev–Trinajstić information content (AvgIpc) is 2.68. The monoisotopic (exact) mass is 414 g/mol. The van der Waals surface area contributed by atoms with Crippen LogP contribution >= 0.6 is 7.26 Å². The highest BCUT2D eigenvalue weighted by Gasteiger charge is 2.34. The summed E-state index contributed by atoms with van der Waals surface area (Å²) < 4.78 is 0. The molecule has 5 heteroatoms. The lowest BCUT2D eigenvalue weighted by molar-refractivity contribution is -0.126. The fraction of sp³-hybridized carbons (Fsp3) is 0.870. The molecule has 0 radical (unpaired) electrons. The molecule has 0 aliphatic carbocycles. The highest BCUT2D eigenvalue weighted by atomic mass is 31.2. The Kier molecular flexibility index (Phi) is 16.7. The zero-order valence-electron chi connectivity index (χ0n) is 19.0. The van der Waals surface area contributed by atoms with E-state index >= 15 is 0 Å². The van der Waals surface area contributed by atoms with Crippen LogP contribution in [-0.4, -0.2) is 48.7 Å². The summed E-state index contributed by atoms with van der Waals surface area (Å²) in [6, 6.07) is 0. The molecule has 0 aliphatic heterocycles. The van der Waals surface area contributed by atoms with Crippen LogP contribution in [0.15, 0.2) is 0 Å². The molecule has 0 spiro atoms. The Labute approximate surface area is 174 Å². The van der Waals surface area contributed by atoms with Gasteiger partial charge in [0.1, 0.15) is 11.6 Å². The lowest BCUT2D eigenvalue weighted by Gasteiger charge is -2.28. The number of carbonyl (C=O) groups is 3. The van der Waals surface area contributed by atoms with Gasteiger partial charge < -0.3 is 10.1 Å².